The summed E-state index contributed by atoms with van der Waals surface area (Å²) in [5.74, 6) is 0.773. The summed E-state index contributed by atoms with van der Waals surface area (Å²) in [7, 11) is 1.36. The topological polar surface area (TPSA) is 57.0 Å². The van der Waals surface area contributed by atoms with Crippen LogP contribution in [-0.4, -0.2) is 27.8 Å². The van der Waals surface area contributed by atoms with Crippen molar-refractivity contribution in [1.82, 2.24) is 14.8 Å². The van der Waals surface area contributed by atoms with E-state index in [1.54, 1.807) is 24.3 Å². The van der Waals surface area contributed by atoms with Crippen LogP contribution in [0, 0.1) is 5.82 Å². The number of ether oxygens (including phenoxy) is 1. The minimum Gasteiger partial charge on any atom is -0.465 e. The van der Waals surface area contributed by atoms with E-state index >= 15 is 0 Å². The third kappa shape index (κ3) is 5.00. The van der Waals surface area contributed by atoms with Gasteiger partial charge in [-0.3, -0.25) is 4.57 Å². The van der Waals surface area contributed by atoms with Crippen LogP contribution in [0.2, 0.25) is 0 Å². The lowest BCUT2D eigenvalue weighted by atomic mass is 10.1. The summed E-state index contributed by atoms with van der Waals surface area (Å²) >= 11 is 1.53. The standard InChI is InChI=1S/C24H20FN3O2S/c1-30-23(29)19-9-7-18(8-10-19)16-31-24-27-26-22(15-17-5-3-2-4-6-17)28(24)21-13-11-20(25)12-14-21/h2-14H,15-16H2,1H3. The fraction of sp³-hybridized carbons (Fsp3) is 0.125. The van der Waals surface area contributed by atoms with Gasteiger partial charge in [0.25, 0.3) is 0 Å². The molecule has 0 fully saturated rings. The first-order valence-corrected chi connectivity index (χ1v) is 10.7. The highest BCUT2D eigenvalue weighted by Gasteiger charge is 2.15. The maximum absolute atomic E-state index is 13.5. The highest BCUT2D eigenvalue weighted by molar-refractivity contribution is 7.98. The first-order chi connectivity index (χ1) is 15.1. The molecule has 0 saturated heterocycles. The number of methoxy groups -OCH3 is 1. The molecule has 0 bridgehead atoms. The van der Waals surface area contributed by atoms with Crippen molar-refractivity contribution in [1.29, 1.82) is 0 Å². The molecule has 31 heavy (non-hydrogen) atoms. The van der Waals surface area contributed by atoms with Crippen molar-refractivity contribution in [2.75, 3.05) is 7.11 Å². The van der Waals surface area contributed by atoms with Crippen molar-refractivity contribution < 1.29 is 13.9 Å². The molecule has 0 aliphatic carbocycles. The van der Waals surface area contributed by atoms with Gasteiger partial charge < -0.3 is 4.74 Å². The van der Waals surface area contributed by atoms with Crippen LogP contribution < -0.4 is 0 Å². The van der Waals surface area contributed by atoms with Crippen molar-refractivity contribution in [3.05, 3.63) is 107 Å². The summed E-state index contributed by atoms with van der Waals surface area (Å²) < 4.78 is 20.2. The number of rotatable bonds is 7. The molecule has 1 aromatic heterocycles. The molecule has 0 spiro atoms. The number of hydrogen-bond donors (Lipinski definition) is 0. The van der Waals surface area contributed by atoms with Gasteiger partial charge in [-0.1, -0.05) is 54.2 Å². The zero-order valence-electron chi connectivity index (χ0n) is 16.9. The molecular weight excluding hydrogens is 413 g/mol. The first kappa shape index (κ1) is 20.8. The number of carbonyl (C=O) groups is 1. The van der Waals surface area contributed by atoms with Crippen molar-refractivity contribution in [3.8, 4) is 5.69 Å². The maximum atomic E-state index is 13.5. The zero-order valence-corrected chi connectivity index (χ0v) is 17.7. The fourth-order valence-corrected chi connectivity index (χ4v) is 4.07. The Kier molecular flexibility index (Phi) is 6.43. The molecule has 7 heteroatoms. The Balaban J connectivity index is 1.59. The predicted molar refractivity (Wildman–Crippen MR) is 118 cm³/mol. The van der Waals surface area contributed by atoms with Crippen LogP contribution in [-0.2, 0) is 16.9 Å². The summed E-state index contributed by atoms with van der Waals surface area (Å²) in [5, 5.41) is 9.52. The normalized spacial score (nSPS) is 10.8. The van der Waals surface area contributed by atoms with Gasteiger partial charge in [-0.05, 0) is 47.5 Å². The molecule has 156 valence electrons. The van der Waals surface area contributed by atoms with Gasteiger partial charge in [0.1, 0.15) is 11.6 Å². The van der Waals surface area contributed by atoms with Gasteiger partial charge in [-0.25, -0.2) is 9.18 Å². The largest absolute Gasteiger partial charge is 0.465 e. The molecule has 0 aliphatic rings. The van der Waals surface area contributed by atoms with E-state index in [9.17, 15) is 9.18 Å². The third-order valence-electron chi connectivity index (χ3n) is 4.73. The van der Waals surface area contributed by atoms with Gasteiger partial charge in [0.15, 0.2) is 5.16 Å². The predicted octanol–water partition coefficient (Wildman–Crippen LogP) is 5.08. The van der Waals surface area contributed by atoms with Gasteiger partial charge in [-0.15, -0.1) is 10.2 Å². The molecule has 4 rings (SSSR count). The Morgan fingerprint density at radius 3 is 2.32 bits per heavy atom. The Morgan fingerprint density at radius 1 is 0.935 bits per heavy atom. The van der Waals surface area contributed by atoms with Crippen LogP contribution in [0.4, 0.5) is 4.39 Å². The second-order valence-electron chi connectivity index (χ2n) is 6.85. The van der Waals surface area contributed by atoms with Gasteiger partial charge in [0.2, 0.25) is 0 Å². The van der Waals surface area contributed by atoms with E-state index < -0.39 is 0 Å². The Hall–Kier alpha value is -3.45. The molecule has 0 saturated carbocycles. The third-order valence-corrected chi connectivity index (χ3v) is 5.73. The van der Waals surface area contributed by atoms with Crippen molar-refractivity contribution in [2.24, 2.45) is 0 Å². The SMILES string of the molecule is COC(=O)c1ccc(CSc2nnc(Cc3ccccc3)n2-c2ccc(F)cc2)cc1. The van der Waals surface area contributed by atoms with E-state index in [2.05, 4.69) is 10.2 Å². The summed E-state index contributed by atoms with van der Waals surface area (Å²) in [6.07, 6.45) is 0.611. The van der Waals surface area contributed by atoms with Gasteiger partial charge in [0.05, 0.1) is 12.7 Å². The number of halogens is 1. The molecule has 0 radical (unpaired) electrons. The van der Waals surface area contributed by atoms with Gasteiger partial charge >= 0.3 is 5.97 Å². The van der Waals surface area contributed by atoms with Crippen LogP contribution in [0.5, 0.6) is 0 Å². The van der Waals surface area contributed by atoms with Crippen LogP contribution in [0.1, 0.15) is 27.3 Å². The molecule has 0 amide bonds. The average molecular weight is 434 g/mol. The first-order valence-electron chi connectivity index (χ1n) is 9.68. The van der Waals surface area contributed by atoms with E-state index in [0.29, 0.717) is 17.7 Å². The second-order valence-corrected chi connectivity index (χ2v) is 7.79. The molecule has 1 heterocycles. The summed E-state index contributed by atoms with van der Waals surface area (Å²) in [6.45, 7) is 0. The van der Waals surface area contributed by atoms with Crippen LogP contribution in [0.25, 0.3) is 5.69 Å². The number of benzene rings is 3. The van der Waals surface area contributed by atoms with E-state index in [0.717, 1.165) is 27.8 Å². The maximum Gasteiger partial charge on any atom is 0.337 e. The van der Waals surface area contributed by atoms with Crippen molar-refractivity contribution in [3.63, 3.8) is 0 Å². The summed E-state index contributed by atoms with van der Waals surface area (Å²) in [5.41, 5.74) is 3.47. The van der Waals surface area contributed by atoms with Crippen molar-refractivity contribution >= 4 is 17.7 Å². The molecule has 3 aromatic carbocycles. The molecule has 0 unspecified atom stereocenters. The Bertz CT molecular complexity index is 1160. The number of thioether (sulfide) groups is 1. The molecule has 4 aromatic rings. The number of esters is 1. The van der Waals surface area contributed by atoms with E-state index in [1.165, 1.54) is 31.0 Å². The highest BCUT2D eigenvalue weighted by Crippen LogP contribution is 2.26. The van der Waals surface area contributed by atoms with Gasteiger partial charge in [-0.2, -0.15) is 0 Å². The molecule has 0 atom stereocenters. The van der Waals surface area contributed by atoms with E-state index in [1.807, 2.05) is 47.0 Å². The lowest BCUT2D eigenvalue weighted by molar-refractivity contribution is 0.0600. The Labute approximate surface area is 183 Å². The van der Waals surface area contributed by atoms with Crippen LogP contribution in [0.3, 0.4) is 0 Å². The van der Waals surface area contributed by atoms with Crippen LogP contribution in [0.15, 0.2) is 84.0 Å². The number of hydrogen-bond acceptors (Lipinski definition) is 5. The Morgan fingerprint density at radius 2 is 1.65 bits per heavy atom. The number of carbonyl (C=O) groups excluding carboxylic acids is 1. The molecule has 5 nitrogen and oxygen atoms in total. The average Bonchev–Trinajstić information content (AvgIpc) is 3.21. The van der Waals surface area contributed by atoms with Crippen molar-refractivity contribution in [2.45, 2.75) is 17.3 Å². The lowest BCUT2D eigenvalue weighted by Gasteiger charge is -2.11. The molecule has 0 N–H and O–H groups in total. The summed E-state index contributed by atoms with van der Waals surface area (Å²) in [4.78, 5) is 11.6. The fourth-order valence-electron chi connectivity index (χ4n) is 3.14. The zero-order chi connectivity index (χ0) is 21.6. The minimum absolute atomic E-state index is 0.290. The minimum atomic E-state index is -0.360. The smallest absolute Gasteiger partial charge is 0.337 e. The summed E-state index contributed by atoms with van der Waals surface area (Å²) in [6, 6.07) is 23.6. The van der Waals surface area contributed by atoms with Gasteiger partial charge in [0, 0.05) is 17.9 Å². The second kappa shape index (κ2) is 9.57. The van der Waals surface area contributed by atoms with E-state index in [4.69, 9.17) is 4.74 Å². The van der Waals surface area contributed by atoms with Crippen LogP contribution >= 0.6 is 11.8 Å². The number of nitrogens with zero attached hydrogens (tertiary/aromatic N) is 3. The molecule has 0 aliphatic heterocycles. The molecular formula is C24H20FN3O2S. The van der Waals surface area contributed by atoms with E-state index in [-0.39, 0.29) is 11.8 Å². The quantitative estimate of drug-likeness (QED) is 0.301. The number of aromatic nitrogens is 3. The highest BCUT2D eigenvalue weighted by atomic mass is 32.2. The lowest BCUT2D eigenvalue weighted by Crippen LogP contribution is -2.04. The monoisotopic (exact) mass is 433 g/mol.